The molecule has 5 heterocycles. The smallest absolute Gasteiger partial charge is 0.341 e. The number of fused-ring (bicyclic) bond motifs is 1. The molecule has 228 valence electrons. The van der Waals surface area contributed by atoms with Crippen molar-refractivity contribution in [3.8, 4) is 11.6 Å². The summed E-state index contributed by atoms with van der Waals surface area (Å²) in [5.41, 5.74) is 2.78. The van der Waals surface area contributed by atoms with Crippen LogP contribution in [-0.4, -0.2) is 82.9 Å². The molecule has 3 aliphatic rings. The lowest BCUT2D eigenvalue weighted by molar-refractivity contribution is 0.0695. The zero-order chi connectivity index (χ0) is 30.5. The first kappa shape index (κ1) is 28.6. The maximum absolute atomic E-state index is 13.5. The molecule has 0 unspecified atom stereocenters. The molecule has 44 heavy (non-hydrogen) atoms. The Morgan fingerprint density at radius 3 is 2.64 bits per heavy atom. The number of likely N-dealkylation sites (N-methyl/N-ethyl adjacent to an activating group) is 1. The topological polar surface area (TPSA) is 104 Å². The summed E-state index contributed by atoms with van der Waals surface area (Å²) in [4.78, 5) is 41.5. The molecule has 1 atom stereocenters. The number of aromatic nitrogens is 3. The van der Waals surface area contributed by atoms with E-state index in [2.05, 4.69) is 39.8 Å². The number of benzene rings is 1. The molecule has 0 spiro atoms. The van der Waals surface area contributed by atoms with Gasteiger partial charge in [0, 0.05) is 49.1 Å². The van der Waals surface area contributed by atoms with E-state index in [4.69, 9.17) is 21.3 Å². The molecule has 4 aromatic rings. The van der Waals surface area contributed by atoms with Crippen LogP contribution in [0.4, 0.5) is 11.5 Å². The summed E-state index contributed by atoms with van der Waals surface area (Å²) in [6, 6.07) is 12.0. The molecule has 7 rings (SSSR count). The van der Waals surface area contributed by atoms with E-state index in [9.17, 15) is 14.7 Å². The largest absolute Gasteiger partial charge is 0.477 e. The first-order chi connectivity index (χ1) is 21.3. The van der Waals surface area contributed by atoms with Crippen LogP contribution in [0.5, 0.6) is 5.88 Å². The minimum absolute atomic E-state index is 0.102. The Hall–Kier alpha value is -4.15. The van der Waals surface area contributed by atoms with Gasteiger partial charge in [0.2, 0.25) is 11.3 Å². The minimum atomic E-state index is -1.24. The highest BCUT2D eigenvalue weighted by molar-refractivity contribution is 6.31. The van der Waals surface area contributed by atoms with Crippen molar-refractivity contribution in [1.29, 1.82) is 0 Å². The third-order valence-electron chi connectivity index (χ3n) is 9.15. The van der Waals surface area contributed by atoms with E-state index in [0.717, 1.165) is 62.4 Å². The van der Waals surface area contributed by atoms with E-state index in [1.165, 1.54) is 6.20 Å². The number of halogens is 1. The molecular formula is C33H35ClN6O4. The molecule has 1 N–H and O–H groups in total. The molecule has 0 radical (unpaired) electrons. The van der Waals surface area contributed by atoms with Crippen molar-refractivity contribution >= 4 is 40.0 Å². The predicted octanol–water partition coefficient (Wildman–Crippen LogP) is 4.81. The highest BCUT2D eigenvalue weighted by Crippen LogP contribution is 2.47. The van der Waals surface area contributed by atoms with Gasteiger partial charge < -0.3 is 29.1 Å². The van der Waals surface area contributed by atoms with Gasteiger partial charge in [-0.2, -0.15) is 0 Å². The van der Waals surface area contributed by atoms with Crippen LogP contribution in [0.3, 0.4) is 0 Å². The van der Waals surface area contributed by atoms with Crippen LogP contribution in [0.1, 0.15) is 47.5 Å². The number of pyridine rings is 3. The second kappa shape index (κ2) is 11.4. The molecule has 2 saturated heterocycles. The van der Waals surface area contributed by atoms with Gasteiger partial charge in [-0.15, -0.1) is 0 Å². The SMILES string of the molecule is CN(C)C1CN(c2ccc(-n3cc(C(=O)O)c(=O)c4cc(C5CC5)c(N5CCC[C@@H]5COc5ncccc5Cl)cc43)cn2)C1. The lowest BCUT2D eigenvalue weighted by Gasteiger charge is -2.43. The summed E-state index contributed by atoms with van der Waals surface area (Å²) >= 11 is 6.30. The van der Waals surface area contributed by atoms with E-state index in [0.29, 0.717) is 46.1 Å². The van der Waals surface area contributed by atoms with Gasteiger partial charge >= 0.3 is 5.97 Å². The van der Waals surface area contributed by atoms with Crippen molar-refractivity contribution in [2.45, 2.75) is 43.7 Å². The van der Waals surface area contributed by atoms with E-state index < -0.39 is 11.4 Å². The normalized spacial score (nSPS) is 18.7. The van der Waals surface area contributed by atoms with Crippen LogP contribution in [0.25, 0.3) is 16.6 Å². The molecule has 10 nitrogen and oxygen atoms in total. The van der Waals surface area contributed by atoms with E-state index >= 15 is 0 Å². The summed E-state index contributed by atoms with van der Waals surface area (Å²) in [5, 5.41) is 10.9. The monoisotopic (exact) mass is 614 g/mol. The predicted molar refractivity (Wildman–Crippen MR) is 171 cm³/mol. The maximum Gasteiger partial charge on any atom is 0.341 e. The van der Waals surface area contributed by atoms with Gasteiger partial charge in [-0.25, -0.2) is 14.8 Å². The molecule has 1 saturated carbocycles. The van der Waals surface area contributed by atoms with Gasteiger partial charge in [-0.05, 0) is 87.7 Å². The van der Waals surface area contributed by atoms with E-state index in [-0.39, 0.29) is 11.6 Å². The fraction of sp³-hybridized carbons (Fsp3) is 0.394. The summed E-state index contributed by atoms with van der Waals surface area (Å²) in [6.07, 6.45) is 8.90. The highest BCUT2D eigenvalue weighted by atomic mass is 35.5. The van der Waals surface area contributed by atoms with Crippen molar-refractivity contribution in [2.75, 3.05) is 50.1 Å². The molecule has 0 bridgehead atoms. The molecule has 3 fully saturated rings. The summed E-state index contributed by atoms with van der Waals surface area (Å²) in [7, 11) is 4.16. The Morgan fingerprint density at radius 1 is 1.14 bits per heavy atom. The molecule has 0 amide bonds. The number of carboxylic acid groups (broad SMARTS) is 1. The van der Waals surface area contributed by atoms with Gasteiger partial charge in [0.05, 0.1) is 23.4 Å². The average Bonchev–Trinajstić information content (AvgIpc) is 3.73. The Bertz CT molecular complexity index is 1780. The van der Waals surface area contributed by atoms with Crippen LogP contribution in [-0.2, 0) is 0 Å². The molecule has 3 aromatic heterocycles. The first-order valence-electron chi connectivity index (χ1n) is 15.1. The Kier molecular flexibility index (Phi) is 7.42. The second-order valence-electron chi connectivity index (χ2n) is 12.2. The van der Waals surface area contributed by atoms with Gasteiger partial charge in [0.15, 0.2) is 0 Å². The highest BCUT2D eigenvalue weighted by Gasteiger charge is 2.34. The third-order valence-corrected chi connectivity index (χ3v) is 9.44. The zero-order valence-corrected chi connectivity index (χ0v) is 25.6. The van der Waals surface area contributed by atoms with Crippen LogP contribution >= 0.6 is 11.6 Å². The number of hydrogen-bond acceptors (Lipinski definition) is 8. The van der Waals surface area contributed by atoms with Crippen LogP contribution < -0.4 is 20.0 Å². The van der Waals surface area contributed by atoms with E-state index in [1.807, 2.05) is 18.2 Å². The van der Waals surface area contributed by atoms with Crippen molar-refractivity contribution in [2.24, 2.45) is 0 Å². The van der Waals surface area contributed by atoms with E-state index in [1.54, 1.807) is 29.1 Å². The van der Waals surface area contributed by atoms with Crippen molar-refractivity contribution < 1.29 is 14.6 Å². The summed E-state index contributed by atoms with van der Waals surface area (Å²) < 4.78 is 7.87. The number of carboxylic acids is 1. The number of rotatable bonds is 9. The number of hydrogen-bond donors (Lipinski definition) is 1. The maximum atomic E-state index is 13.5. The number of carbonyl (C=O) groups is 1. The molecule has 2 aliphatic heterocycles. The molecule has 11 heteroatoms. The standard InChI is InChI=1S/C33H35ClN6O4/c1-37(2)23-16-38(17-23)30-10-9-21(15-36-30)40-18-26(33(42)43)31(41)25-13-24(20-7-8-20)28(14-29(25)40)39-12-4-5-22(39)19-44-32-27(34)6-3-11-35-32/h3,6,9-11,13-15,18,20,22-23H,4-5,7-8,12,16-17,19H2,1-2H3,(H,42,43)/t22-/m1/s1. The van der Waals surface area contributed by atoms with Crippen LogP contribution in [0.2, 0.25) is 5.02 Å². The van der Waals surface area contributed by atoms with Crippen LogP contribution in [0, 0.1) is 0 Å². The van der Waals surface area contributed by atoms with Crippen molar-refractivity contribution in [3.05, 3.63) is 81.4 Å². The van der Waals surface area contributed by atoms with Gasteiger partial charge in [0.1, 0.15) is 23.0 Å². The summed E-state index contributed by atoms with van der Waals surface area (Å²) in [6.45, 7) is 3.10. The number of aromatic carboxylic acids is 1. The lowest BCUT2D eigenvalue weighted by Crippen LogP contribution is -2.57. The summed E-state index contributed by atoms with van der Waals surface area (Å²) in [5.74, 6) is 0.391. The van der Waals surface area contributed by atoms with Gasteiger partial charge in [0.25, 0.3) is 0 Å². The number of anilines is 2. The molecular weight excluding hydrogens is 580 g/mol. The van der Waals surface area contributed by atoms with Gasteiger partial charge in [-0.1, -0.05) is 11.6 Å². The zero-order valence-electron chi connectivity index (χ0n) is 24.8. The van der Waals surface area contributed by atoms with Crippen molar-refractivity contribution in [3.63, 3.8) is 0 Å². The quantitative estimate of drug-likeness (QED) is 0.284. The minimum Gasteiger partial charge on any atom is -0.477 e. The number of ether oxygens (including phenoxy) is 1. The van der Waals surface area contributed by atoms with Crippen molar-refractivity contribution in [1.82, 2.24) is 19.4 Å². The van der Waals surface area contributed by atoms with Gasteiger partial charge in [-0.3, -0.25) is 4.79 Å². The fourth-order valence-corrected chi connectivity index (χ4v) is 6.55. The number of nitrogens with zero attached hydrogens (tertiary/aromatic N) is 6. The molecule has 1 aromatic carbocycles. The average molecular weight is 615 g/mol. The Morgan fingerprint density at radius 2 is 1.95 bits per heavy atom. The molecule has 1 aliphatic carbocycles. The third kappa shape index (κ3) is 5.26. The second-order valence-corrected chi connectivity index (χ2v) is 12.6. The fourth-order valence-electron chi connectivity index (χ4n) is 6.37. The Labute approximate surface area is 260 Å². The Balaban J connectivity index is 1.28. The first-order valence-corrected chi connectivity index (χ1v) is 15.5. The lowest BCUT2D eigenvalue weighted by atomic mass is 10.0. The van der Waals surface area contributed by atoms with Crippen LogP contribution in [0.15, 0.2) is 59.8 Å².